The van der Waals surface area contributed by atoms with Crippen LogP contribution < -0.4 is 0 Å². The topological polar surface area (TPSA) is 77.8 Å². The van der Waals surface area contributed by atoms with Crippen LogP contribution in [0.4, 0.5) is 0 Å². The van der Waals surface area contributed by atoms with E-state index in [-0.39, 0.29) is 23.8 Å². The number of nitrogens with zero attached hydrogens (tertiary/aromatic N) is 1. The number of rotatable bonds is 3. The van der Waals surface area contributed by atoms with Gasteiger partial charge >= 0.3 is 5.97 Å². The molecule has 1 aliphatic heterocycles. The molecule has 0 saturated carbocycles. The summed E-state index contributed by atoms with van der Waals surface area (Å²) in [5.41, 5.74) is -0.790. The summed E-state index contributed by atoms with van der Waals surface area (Å²) < 4.78 is 0. The lowest BCUT2D eigenvalue weighted by atomic mass is 9.77. The fourth-order valence-electron chi connectivity index (χ4n) is 2.77. The largest absolute Gasteiger partial charge is 0.507 e. The number of carbonyl (C=O) groups is 2. The molecule has 0 bridgehead atoms. The second-order valence-electron chi connectivity index (χ2n) is 5.43. The Morgan fingerprint density at radius 1 is 1.43 bits per heavy atom. The van der Waals surface area contributed by atoms with Crippen molar-refractivity contribution in [1.82, 2.24) is 4.90 Å². The molecule has 21 heavy (non-hydrogen) atoms. The van der Waals surface area contributed by atoms with Crippen LogP contribution in [0.5, 0.6) is 5.75 Å². The third-order valence-corrected chi connectivity index (χ3v) is 4.42. The third kappa shape index (κ3) is 2.97. The van der Waals surface area contributed by atoms with Crippen LogP contribution in [0.2, 0.25) is 5.02 Å². The van der Waals surface area contributed by atoms with Gasteiger partial charge in [0.2, 0.25) is 0 Å². The molecule has 1 atom stereocenters. The first kappa shape index (κ1) is 15.6. The standard InChI is InChI=1S/C15H18ClNO4/c1-2-15(14(20)21)6-3-7-17(9-15)13(19)11-8-10(16)4-5-12(11)18/h4-5,8,18H,2-3,6-7,9H2,1H3,(H,20,21). The van der Waals surface area contributed by atoms with Crippen LogP contribution >= 0.6 is 11.6 Å². The Hall–Kier alpha value is -1.75. The minimum Gasteiger partial charge on any atom is -0.507 e. The average molecular weight is 312 g/mol. The number of piperidine rings is 1. The molecule has 1 unspecified atom stereocenters. The first-order chi connectivity index (χ1) is 9.89. The molecular weight excluding hydrogens is 294 g/mol. The minimum atomic E-state index is -0.901. The van der Waals surface area contributed by atoms with Crippen LogP contribution in [0.3, 0.4) is 0 Å². The van der Waals surface area contributed by atoms with Gasteiger partial charge in [0.05, 0.1) is 11.0 Å². The first-order valence-electron chi connectivity index (χ1n) is 6.91. The number of halogens is 1. The molecule has 1 heterocycles. The molecule has 2 rings (SSSR count). The monoisotopic (exact) mass is 311 g/mol. The maximum atomic E-state index is 12.5. The van der Waals surface area contributed by atoms with Crippen LogP contribution in [0.25, 0.3) is 0 Å². The molecule has 0 aliphatic carbocycles. The van der Waals surface area contributed by atoms with E-state index in [0.717, 1.165) is 0 Å². The van der Waals surface area contributed by atoms with Gasteiger partial charge in [-0.2, -0.15) is 0 Å². The van der Waals surface area contributed by atoms with Gasteiger partial charge in [0.25, 0.3) is 5.91 Å². The predicted molar refractivity (Wildman–Crippen MR) is 78.6 cm³/mol. The highest BCUT2D eigenvalue weighted by atomic mass is 35.5. The van der Waals surface area contributed by atoms with Gasteiger partial charge in [-0.15, -0.1) is 0 Å². The summed E-state index contributed by atoms with van der Waals surface area (Å²) in [4.78, 5) is 25.5. The summed E-state index contributed by atoms with van der Waals surface area (Å²) in [6.45, 7) is 2.46. The van der Waals surface area contributed by atoms with E-state index in [4.69, 9.17) is 11.6 Å². The quantitative estimate of drug-likeness (QED) is 0.899. The van der Waals surface area contributed by atoms with E-state index >= 15 is 0 Å². The van der Waals surface area contributed by atoms with Crippen molar-refractivity contribution in [2.45, 2.75) is 26.2 Å². The molecule has 2 N–H and O–H groups in total. The Morgan fingerprint density at radius 3 is 2.76 bits per heavy atom. The zero-order valence-corrected chi connectivity index (χ0v) is 12.6. The van der Waals surface area contributed by atoms with Crippen molar-refractivity contribution in [3.05, 3.63) is 28.8 Å². The van der Waals surface area contributed by atoms with Gasteiger partial charge in [-0.05, 0) is 37.5 Å². The molecule has 1 amide bonds. The maximum absolute atomic E-state index is 12.5. The van der Waals surface area contributed by atoms with Gasteiger partial charge in [-0.1, -0.05) is 18.5 Å². The number of carbonyl (C=O) groups excluding carboxylic acids is 1. The fraction of sp³-hybridized carbons (Fsp3) is 0.467. The van der Waals surface area contributed by atoms with Gasteiger partial charge in [0, 0.05) is 18.1 Å². The maximum Gasteiger partial charge on any atom is 0.311 e. The van der Waals surface area contributed by atoms with Crippen molar-refractivity contribution in [2.75, 3.05) is 13.1 Å². The second kappa shape index (κ2) is 5.93. The zero-order valence-electron chi connectivity index (χ0n) is 11.8. The number of benzene rings is 1. The van der Waals surface area contributed by atoms with Crippen LogP contribution in [-0.2, 0) is 4.79 Å². The van der Waals surface area contributed by atoms with Gasteiger partial charge in [0.15, 0.2) is 0 Å². The van der Waals surface area contributed by atoms with Gasteiger partial charge in [-0.25, -0.2) is 0 Å². The van der Waals surface area contributed by atoms with Crippen molar-refractivity contribution in [1.29, 1.82) is 0 Å². The zero-order chi connectivity index (χ0) is 15.6. The number of amides is 1. The van der Waals surface area contributed by atoms with E-state index in [1.807, 2.05) is 6.92 Å². The van der Waals surface area contributed by atoms with Crippen molar-refractivity contribution in [3.8, 4) is 5.75 Å². The molecule has 6 heteroatoms. The Kier molecular flexibility index (Phi) is 4.42. The Bertz CT molecular complexity index is 575. The Balaban J connectivity index is 2.27. The number of phenols is 1. The first-order valence-corrected chi connectivity index (χ1v) is 7.28. The number of aromatic hydroxyl groups is 1. The molecule has 5 nitrogen and oxygen atoms in total. The number of aliphatic carboxylic acids is 1. The average Bonchev–Trinajstić information content (AvgIpc) is 2.48. The molecule has 1 aromatic rings. The smallest absolute Gasteiger partial charge is 0.311 e. The number of carboxylic acid groups (broad SMARTS) is 1. The summed E-state index contributed by atoms with van der Waals surface area (Å²) in [7, 11) is 0. The lowest BCUT2D eigenvalue weighted by Crippen LogP contribution is -2.49. The normalized spacial score (nSPS) is 22.1. The van der Waals surface area contributed by atoms with Crippen LogP contribution in [0, 0.1) is 5.41 Å². The molecule has 1 aliphatic rings. The van der Waals surface area contributed by atoms with Crippen molar-refractivity contribution >= 4 is 23.5 Å². The predicted octanol–water partition coefficient (Wildman–Crippen LogP) is 2.76. The van der Waals surface area contributed by atoms with E-state index in [1.165, 1.54) is 23.1 Å². The number of hydrogen-bond donors (Lipinski definition) is 2. The molecule has 0 spiro atoms. The van der Waals surface area contributed by atoms with Crippen molar-refractivity contribution < 1.29 is 19.8 Å². The molecule has 1 aromatic carbocycles. The van der Waals surface area contributed by atoms with Crippen LogP contribution in [0.1, 0.15) is 36.5 Å². The highest BCUT2D eigenvalue weighted by molar-refractivity contribution is 6.31. The minimum absolute atomic E-state index is 0.111. The van der Waals surface area contributed by atoms with Crippen molar-refractivity contribution in [2.24, 2.45) is 5.41 Å². The molecule has 0 radical (unpaired) electrons. The van der Waals surface area contributed by atoms with Crippen molar-refractivity contribution in [3.63, 3.8) is 0 Å². The Labute approximate surface area is 128 Å². The molecule has 0 aromatic heterocycles. The van der Waals surface area contributed by atoms with E-state index in [1.54, 1.807) is 0 Å². The van der Waals surface area contributed by atoms with Crippen LogP contribution in [-0.4, -0.2) is 40.1 Å². The SMILES string of the molecule is CCC1(C(=O)O)CCCN(C(=O)c2cc(Cl)ccc2O)C1. The third-order valence-electron chi connectivity index (χ3n) is 4.18. The molecule has 1 fully saturated rings. The van der Waals surface area contributed by atoms with Gasteiger partial charge in [0.1, 0.15) is 5.75 Å². The molecule has 1 saturated heterocycles. The summed E-state index contributed by atoms with van der Waals surface area (Å²) >= 11 is 5.86. The second-order valence-corrected chi connectivity index (χ2v) is 5.87. The summed E-state index contributed by atoms with van der Waals surface area (Å²) in [6.07, 6.45) is 1.66. The van der Waals surface area contributed by atoms with Crippen LogP contribution in [0.15, 0.2) is 18.2 Å². The highest BCUT2D eigenvalue weighted by Crippen LogP contribution is 2.35. The number of carboxylic acids is 1. The number of phenolic OH excluding ortho intramolecular Hbond substituents is 1. The lowest BCUT2D eigenvalue weighted by molar-refractivity contribution is -0.152. The number of hydrogen-bond acceptors (Lipinski definition) is 3. The van der Waals surface area contributed by atoms with E-state index in [2.05, 4.69) is 0 Å². The van der Waals surface area contributed by atoms with E-state index in [9.17, 15) is 19.8 Å². The number of likely N-dealkylation sites (tertiary alicyclic amines) is 1. The van der Waals surface area contributed by atoms with Gasteiger partial charge < -0.3 is 15.1 Å². The Morgan fingerprint density at radius 2 is 2.14 bits per heavy atom. The highest BCUT2D eigenvalue weighted by Gasteiger charge is 2.42. The lowest BCUT2D eigenvalue weighted by Gasteiger charge is -2.39. The molecule has 114 valence electrons. The van der Waals surface area contributed by atoms with E-state index in [0.29, 0.717) is 30.8 Å². The van der Waals surface area contributed by atoms with E-state index < -0.39 is 11.4 Å². The molecular formula is C15H18ClNO4. The summed E-state index contributed by atoms with van der Waals surface area (Å²) in [6, 6.07) is 4.27. The summed E-state index contributed by atoms with van der Waals surface area (Å²) in [5, 5.41) is 19.6. The fourth-order valence-corrected chi connectivity index (χ4v) is 2.94. The summed E-state index contributed by atoms with van der Waals surface area (Å²) in [5.74, 6) is -1.40. The van der Waals surface area contributed by atoms with Gasteiger partial charge in [-0.3, -0.25) is 9.59 Å².